The van der Waals surface area contributed by atoms with Gasteiger partial charge in [-0.1, -0.05) is 18.2 Å². The summed E-state index contributed by atoms with van der Waals surface area (Å²) in [6.45, 7) is 5.33. The van der Waals surface area contributed by atoms with E-state index in [1.165, 1.54) is 30.4 Å². The topological polar surface area (TPSA) is 21.3 Å². The second-order valence-corrected chi connectivity index (χ2v) is 5.08. The Bertz CT molecular complexity index is 394. The van der Waals surface area contributed by atoms with Gasteiger partial charge in [-0.3, -0.25) is 0 Å². The Labute approximate surface area is 97.0 Å². The summed E-state index contributed by atoms with van der Waals surface area (Å²) in [7, 11) is 0. The van der Waals surface area contributed by atoms with E-state index in [0.29, 0.717) is 5.41 Å². The summed E-state index contributed by atoms with van der Waals surface area (Å²) >= 11 is 0. The summed E-state index contributed by atoms with van der Waals surface area (Å²) in [5.74, 6) is 1.16. The highest BCUT2D eigenvalue weighted by Crippen LogP contribution is 2.45. The van der Waals surface area contributed by atoms with E-state index >= 15 is 0 Å². The van der Waals surface area contributed by atoms with Gasteiger partial charge < -0.3 is 10.1 Å². The summed E-state index contributed by atoms with van der Waals surface area (Å²) in [4.78, 5) is 0. The molecule has 0 amide bonds. The fourth-order valence-electron chi connectivity index (χ4n) is 3.17. The standard InChI is InChI=1S/C14H19NO/c1-11-3-2-4-12-13(11)16-10-7-14(12)5-8-15-9-6-14/h2-4,15H,5-10H2,1H3. The normalized spacial score (nSPS) is 22.6. The highest BCUT2D eigenvalue weighted by atomic mass is 16.5. The third-order valence-corrected chi connectivity index (χ3v) is 4.17. The maximum atomic E-state index is 5.86. The van der Waals surface area contributed by atoms with Crippen molar-refractivity contribution < 1.29 is 4.74 Å². The van der Waals surface area contributed by atoms with Gasteiger partial charge in [0.2, 0.25) is 0 Å². The molecule has 0 aromatic heterocycles. The number of piperidine rings is 1. The molecule has 2 aliphatic rings. The molecule has 0 unspecified atom stereocenters. The number of nitrogens with one attached hydrogen (secondary N) is 1. The molecule has 86 valence electrons. The van der Waals surface area contributed by atoms with Crippen LogP contribution in [0.3, 0.4) is 0 Å². The summed E-state index contributed by atoms with van der Waals surface area (Å²) in [6, 6.07) is 6.60. The van der Waals surface area contributed by atoms with Gasteiger partial charge in [-0.2, -0.15) is 0 Å². The number of hydrogen-bond donors (Lipinski definition) is 1. The lowest BCUT2D eigenvalue weighted by Crippen LogP contribution is -2.43. The largest absolute Gasteiger partial charge is 0.493 e. The Hall–Kier alpha value is -1.02. The Kier molecular flexibility index (Phi) is 2.40. The molecule has 2 aliphatic heterocycles. The van der Waals surface area contributed by atoms with Crippen molar-refractivity contribution in [3.05, 3.63) is 29.3 Å². The molecule has 2 heteroatoms. The second-order valence-electron chi connectivity index (χ2n) is 5.08. The zero-order chi connectivity index (χ0) is 11.0. The number of benzene rings is 1. The summed E-state index contributed by atoms with van der Waals surface area (Å²) in [5, 5.41) is 3.46. The van der Waals surface area contributed by atoms with Crippen molar-refractivity contribution in [2.75, 3.05) is 19.7 Å². The molecule has 1 spiro atoms. The first kappa shape index (κ1) is 10.2. The monoisotopic (exact) mass is 217 g/mol. The third-order valence-electron chi connectivity index (χ3n) is 4.17. The molecule has 16 heavy (non-hydrogen) atoms. The van der Waals surface area contributed by atoms with Crippen LogP contribution in [0.15, 0.2) is 18.2 Å². The first-order valence-corrected chi connectivity index (χ1v) is 6.25. The summed E-state index contributed by atoms with van der Waals surface area (Å²) in [6.07, 6.45) is 3.70. The van der Waals surface area contributed by atoms with Crippen LogP contribution in [0.5, 0.6) is 5.75 Å². The van der Waals surface area contributed by atoms with Crippen molar-refractivity contribution in [2.24, 2.45) is 0 Å². The van der Waals surface area contributed by atoms with E-state index in [9.17, 15) is 0 Å². The number of para-hydroxylation sites is 1. The van der Waals surface area contributed by atoms with Gasteiger partial charge in [0.25, 0.3) is 0 Å². The Morgan fingerprint density at radius 2 is 2.00 bits per heavy atom. The lowest BCUT2D eigenvalue weighted by molar-refractivity contribution is 0.179. The van der Waals surface area contributed by atoms with E-state index in [1.807, 2.05) is 0 Å². The van der Waals surface area contributed by atoms with E-state index in [-0.39, 0.29) is 0 Å². The summed E-state index contributed by atoms with van der Waals surface area (Å²) in [5.41, 5.74) is 3.14. The average Bonchev–Trinajstić information content (AvgIpc) is 2.32. The lowest BCUT2D eigenvalue weighted by atomic mass is 9.69. The predicted molar refractivity (Wildman–Crippen MR) is 65.1 cm³/mol. The number of fused-ring (bicyclic) bond motifs is 2. The maximum Gasteiger partial charge on any atom is 0.125 e. The highest BCUT2D eigenvalue weighted by Gasteiger charge is 2.38. The molecule has 0 bridgehead atoms. The maximum absolute atomic E-state index is 5.86. The fourth-order valence-corrected chi connectivity index (χ4v) is 3.17. The van der Waals surface area contributed by atoms with Crippen molar-refractivity contribution >= 4 is 0 Å². The number of ether oxygens (including phenoxy) is 1. The van der Waals surface area contributed by atoms with Gasteiger partial charge in [0.15, 0.2) is 0 Å². The third kappa shape index (κ3) is 1.44. The van der Waals surface area contributed by atoms with Crippen LogP contribution in [0.2, 0.25) is 0 Å². The van der Waals surface area contributed by atoms with Crippen LogP contribution in [-0.2, 0) is 5.41 Å². The van der Waals surface area contributed by atoms with Gasteiger partial charge in [0.1, 0.15) is 5.75 Å². The van der Waals surface area contributed by atoms with Gasteiger partial charge in [0.05, 0.1) is 6.61 Å². The molecule has 1 fully saturated rings. The van der Waals surface area contributed by atoms with Gasteiger partial charge >= 0.3 is 0 Å². The molecule has 0 radical (unpaired) electrons. The van der Waals surface area contributed by atoms with Crippen LogP contribution >= 0.6 is 0 Å². The smallest absolute Gasteiger partial charge is 0.125 e. The molecule has 1 aromatic rings. The minimum atomic E-state index is 0.394. The minimum Gasteiger partial charge on any atom is -0.493 e. The molecular weight excluding hydrogens is 198 g/mol. The molecule has 2 nitrogen and oxygen atoms in total. The minimum absolute atomic E-state index is 0.394. The van der Waals surface area contributed by atoms with Gasteiger partial charge in [0, 0.05) is 11.0 Å². The van der Waals surface area contributed by atoms with Crippen LogP contribution in [-0.4, -0.2) is 19.7 Å². The number of aryl methyl sites for hydroxylation is 1. The molecule has 1 aromatic carbocycles. The van der Waals surface area contributed by atoms with Gasteiger partial charge in [-0.25, -0.2) is 0 Å². The number of hydrogen-bond acceptors (Lipinski definition) is 2. The molecular formula is C14H19NO. The van der Waals surface area contributed by atoms with Gasteiger partial charge in [-0.05, 0) is 44.8 Å². The molecule has 0 atom stereocenters. The van der Waals surface area contributed by atoms with E-state index in [4.69, 9.17) is 4.74 Å². The molecule has 2 heterocycles. The molecule has 1 saturated heterocycles. The Morgan fingerprint density at radius 3 is 2.81 bits per heavy atom. The summed E-state index contributed by atoms with van der Waals surface area (Å²) < 4.78 is 5.86. The fraction of sp³-hybridized carbons (Fsp3) is 0.571. The van der Waals surface area contributed by atoms with Crippen LogP contribution < -0.4 is 10.1 Å². The Balaban J connectivity index is 2.08. The zero-order valence-electron chi connectivity index (χ0n) is 9.88. The first-order valence-electron chi connectivity index (χ1n) is 6.25. The van der Waals surface area contributed by atoms with E-state index in [0.717, 1.165) is 25.4 Å². The van der Waals surface area contributed by atoms with Gasteiger partial charge in [-0.15, -0.1) is 0 Å². The quantitative estimate of drug-likeness (QED) is 0.720. The van der Waals surface area contributed by atoms with Crippen LogP contribution in [0.4, 0.5) is 0 Å². The number of rotatable bonds is 0. The van der Waals surface area contributed by atoms with Crippen LogP contribution in [0, 0.1) is 6.92 Å². The molecule has 3 rings (SSSR count). The average molecular weight is 217 g/mol. The van der Waals surface area contributed by atoms with Crippen LogP contribution in [0.1, 0.15) is 30.4 Å². The predicted octanol–water partition coefficient (Wildman–Crippen LogP) is 2.40. The van der Waals surface area contributed by atoms with Crippen LogP contribution in [0.25, 0.3) is 0 Å². The second kappa shape index (κ2) is 3.77. The molecule has 1 N–H and O–H groups in total. The molecule has 0 aliphatic carbocycles. The lowest BCUT2D eigenvalue weighted by Gasteiger charge is -2.42. The van der Waals surface area contributed by atoms with Crippen molar-refractivity contribution in [3.63, 3.8) is 0 Å². The van der Waals surface area contributed by atoms with E-state index in [2.05, 4.69) is 30.4 Å². The highest BCUT2D eigenvalue weighted by molar-refractivity contribution is 5.47. The first-order chi connectivity index (χ1) is 7.82. The van der Waals surface area contributed by atoms with Crippen molar-refractivity contribution in [2.45, 2.75) is 31.6 Å². The Morgan fingerprint density at radius 1 is 1.19 bits per heavy atom. The zero-order valence-corrected chi connectivity index (χ0v) is 9.88. The van der Waals surface area contributed by atoms with Crippen molar-refractivity contribution in [1.82, 2.24) is 5.32 Å². The van der Waals surface area contributed by atoms with Crippen molar-refractivity contribution in [3.8, 4) is 5.75 Å². The van der Waals surface area contributed by atoms with E-state index < -0.39 is 0 Å². The van der Waals surface area contributed by atoms with E-state index in [1.54, 1.807) is 0 Å². The molecule has 0 saturated carbocycles. The SMILES string of the molecule is Cc1cccc2c1OCCC21CCNCC1. The van der Waals surface area contributed by atoms with Crippen molar-refractivity contribution in [1.29, 1.82) is 0 Å².